The summed E-state index contributed by atoms with van der Waals surface area (Å²) in [6.07, 6.45) is 1.31. The maximum atomic E-state index is 15.6. The van der Waals surface area contributed by atoms with Crippen molar-refractivity contribution in [2.24, 2.45) is 0 Å². The lowest BCUT2D eigenvalue weighted by Gasteiger charge is -2.39. The van der Waals surface area contributed by atoms with Gasteiger partial charge in [-0.3, -0.25) is 9.59 Å². The van der Waals surface area contributed by atoms with Crippen LogP contribution in [-0.2, 0) is 4.79 Å². The average Bonchev–Trinajstić information content (AvgIpc) is 3.13. The first-order chi connectivity index (χ1) is 16.8. The molecule has 3 heterocycles. The van der Waals surface area contributed by atoms with Crippen molar-refractivity contribution in [3.05, 3.63) is 56.0 Å². The number of rotatable bonds is 2. The van der Waals surface area contributed by atoms with Gasteiger partial charge in [0.1, 0.15) is 29.3 Å². The van der Waals surface area contributed by atoms with Crippen molar-refractivity contribution in [3.8, 4) is 11.8 Å². The smallest absolute Gasteiger partial charge is 0.258 e. The molecule has 0 radical (unpaired) electrons. The zero-order valence-corrected chi connectivity index (χ0v) is 19.9. The number of nitrogens with two attached hydrogens (primary N) is 1. The number of halogens is 3. The van der Waals surface area contributed by atoms with Crippen molar-refractivity contribution in [1.29, 1.82) is 5.26 Å². The van der Waals surface area contributed by atoms with Crippen LogP contribution in [0.1, 0.15) is 34.3 Å². The van der Waals surface area contributed by atoms with Crippen molar-refractivity contribution >= 4 is 51.2 Å². The average molecular weight is 517 g/mol. The molecule has 11 heteroatoms. The number of carbonyl (C=O) groups excluding carboxylic acids is 2. The third kappa shape index (κ3) is 3.58. The van der Waals surface area contributed by atoms with Crippen LogP contribution in [0, 0.1) is 17.1 Å². The molecule has 3 aliphatic rings. The molecule has 1 atom stereocenters. The SMILES string of the molecule is C=CC(=O)N1CCN2C(=O)c3cc(F)c(C4=c5c(C#N)c(N)sc5=C(F)CC4)c(Cl)c3OC[C@H]2C1. The number of nitriles is 1. The minimum atomic E-state index is -0.776. The second-order valence-corrected chi connectivity index (χ2v) is 9.85. The monoisotopic (exact) mass is 516 g/mol. The number of fused-ring (bicyclic) bond motifs is 3. The Labute approximate surface area is 207 Å². The molecule has 1 aliphatic carbocycles. The number of hydrogen-bond donors (Lipinski definition) is 1. The first-order valence-corrected chi connectivity index (χ1v) is 12.0. The van der Waals surface area contributed by atoms with Gasteiger partial charge in [0.25, 0.3) is 5.91 Å². The van der Waals surface area contributed by atoms with Crippen LogP contribution in [-0.4, -0.2) is 53.9 Å². The molecule has 1 saturated heterocycles. The number of thiophene rings is 1. The van der Waals surface area contributed by atoms with Gasteiger partial charge in [0.15, 0.2) is 5.75 Å². The first-order valence-electron chi connectivity index (χ1n) is 10.8. The zero-order chi connectivity index (χ0) is 25.0. The minimum Gasteiger partial charge on any atom is -0.489 e. The fraction of sp³-hybridized carbons (Fsp3) is 0.292. The highest BCUT2D eigenvalue weighted by Crippen LogP contribution is 2.41. The van der Waals surface area contributed by atoms with Crippen molar-refractivity contribution in [2.75, 3.05) is 32.0 Å². The van der Waals surface area contributed by atoms with Crippen LogP contribution in [0.3, 0.4) is 0 Å². The fourth-order valence-corrected chi connectivity index (χ4v) is 6.24. The second kappa shape index (κ2) is 8.66. The molecule has 7 nitrogen and oxygen atoms in total. The molecule has 180 valence electrons. The predicted octanol–water partition coefficient (Wildman–Crippen LogP) is 2.30. The van der Waals surface area contributed by atoms with Crippen LogP contribution in [0.5, 0.6) is 5.75 Å². The molecule has 1 aromatic heterocycles. The molecular formula is C24H19ClF2N4O3S. The number of benzene rings is 1. The molecule has 2 N–H and O–H groups in total. The van der Waals surface area contributed by atoms with Gasteiger partial charge in [0.05, 0.1) is 26.7 Å². The molecule has 2 aliphatic heterocycles. The van der Waals surface area contributed by atoms with E-state index in [4.69, 9.17) is 22.1 Å². The van der Waals surface area contributed by atoms with E-state index in [-0.39, 0.29) is 80.7 Å². The summed E-state index contributed by atoms with van der Waals surface area (Å²) in [4.78, 5) is 28.5. The number of hydrogen-bond acceptors (Lipinski definition) is 6. The van der Waals surface area contributed by atoms with Crippen LogP contribution in [0.2, 0.25) is 5.02 Å². The van der Waals surface area contributed by atoms with Crippen LogP contribution < -0.4 is 20.2 Å². The fourth-order valence-electron chi connectivity index (χ4n) is 4.87. The van der Waals surface area contributed by atoms with E-state index in [9.17, 15) is 19.2 Å². The molecule has 0 unspecified atom stereocenters. The van der Waals surface area contributed by atoms with E-state index in [1.807, 2.05) is 6.07 Å². The summed E-state index contributed by atoms with van der Waals surface area (Å²) in [7, 11) is 0. The highest BCUT2D eigenvalue weighted by molar-refractivity contribution is 7.14. The van der Waals surface area contributed by atoms with E-state index < -0.39 is 23.6 Å². The van der Waals surface area contributed by atoms with Crippen LogP contribution in [0.15, 0.2) is 18.7 Å². The quantitative estimate of drug-likeness (QED) is 0.617. The molecule has 0 bridgehead atoms. The highest BCUT2D eigenvalue weighted by atomic mass is 35.5. The number of piperazine rings is 1. The molecule has 35 heavy (non-hydrogen) atoms. The van der Waals surface area contributed by atoms with Gasteiger partial charge >= 0.3 is 0 Å². The molecule has 2 aromatic rings. The van der Waals surface area contributed by atoms with Gasteiger partial charge in [-0.25, -0.2) is 8.78 Å². The Morgan fingerprint density at radius 3 is 2.86 bits per heavy atom. The summed E-state index contributed by atoms with van der Waals surface area (Å²) < 4.78 is 36.3. The summed E-state index contributed by atoms with van der Waals surface area (Å²) in [6, 6.07) is 2.61. The van der Waals surface area contributed by atoms with E-state index in [2.05, 4.69) is 6.58 Å². The van der Waals surface area contributed by atoms with Crippen LogP contribution in [0.25, 0.3) is 11.4 Å². The number of nitrogens with zero attached hydrogens (tertiary/aromatic N) is 3. The summed E-state index contributed by atoms with van der Waals surface area (Å²) in [5.74, 6) is -1.87. The van der Waals surface area contributed by atoms with Gasteiger partial charge in [0.2, 0.25) is 5.91 Å². The van der Waals surface area contributed by atoms with Gasteiger partial charge in [0, 0.05) is 36.8 Å². The first kappa shape index (κ1) is 23.3. The Hall–Kier alpha value is -3.42. The largest absolute Gasteiger partial charge is 0.489 e. The normalized spacial score (nSPS) is 19.3. The summed E-state index contributed by atoms with van der Waals surface area (Å²) in [5, 5.41) is 9.86. The molecule has 0 spiro atoms. The van der Waals surface area contributed by atoms with Gasteiger partial charge in [-0.05, 0) is 24.1 Å². The lowest BCUT2D eigenvalue weighted by Crippen LogP contribution is -2.57. The predicted molar refractivity (Wildman–Crippen MR) is 127 cm³/mol. The molecule has 0 saturated carbocycles. The third-order valence-corrected chi connectivity index (χ3v) is 7.96. The van der Waals surface area contributed by atoms with E-state index >= 15 is 4.39 Å². The standard InChI is InChI=1S/C24H19ClF2N4O3S/c1-2-17(32)30-5-6-31-11(9-30)10-34-21-13(24(31)33)7-16(27)19(20(21)25)12-3-4-15(26)22-18(12)14(8-28)23(29)35-22/h2,7,11H,1,3-6,9-10,29H2/t11-/m1/s1. The van der Waals surface area contributed by atoms with Gasteiger partial charge in [-0.1, -0.05) is 18.2 Å². The Balaban J connectivity index is 1.66. The maximum absolute atomic E-state index is 15.6. The molecule has 2 amide bonds. The topological polar surface area (TPSA) is 99.7 Å². The van der Waals surface area contributed by atoms with Gasteiger partial charge in [-0.15, -0.1) is 11.3 Å². The van der Waals surface area contributed by atoms with Gasteiger partial charge < -0.3 is 20.3 Å². The van der Waals surface area contributed by atoms with E-state index in [1.54, 1.807) is 9.80 Å². The number of amides is 2. The third-order valence-electron chi connectivity index (χ3n) is 6.55. The number of anilines is 1. The molecular weight excluding hydrogens is 498 g/mol. The summed E-state index contributed by atoms with van der Waals surface area (Å²) in [5.41, 5.74) is 6.29. The van der Waals surface area contributed by atoms with Crippen LogP contribution in [0.4, 0.5) is 13.8 Å². The van der Waals surface area contributed by atoms with Crippen molar-refractivity contribution in [3.63, 3.8) is 0 Å². The van der Waals surface area contributed by atoms with Crippen molar-refractivity contribution in [2.45, 2.75) is 18.9 Å². The lowest BCUT2D eigenvalue weighted by molar-refractivity contribution is -0.128. The maximum Gasteiger partial charge on any atom is 0.258 e. The number of carbonyl (C=O) groups is 2. The highest BCUT2D eigenvalue weighted by Gasteiger charge is 2.38. The Kier molecular flexibility index (Phi) is 5.77. The summed E-state index contributed by atoms with van der Waals surface area (Å²) in [6.45, 7) is 4.35. The van der Waals surface area contributed by atoms with Crippen molar-refractivity contribution < 1.29 is 23.1 Å². The molecule has 1 fully saturated rings. The minimum absolute atomic E-state index is 0.00279. The van der Waals surface area contributed by atoms with E-state index in [0.717, 1.165) is 17.4 Å². The molecule has 1 aromatic carbocycles. The van der Waals surface area contributed by atoms with Gasteiger partial charge in [-0.2, -0.15) is 5.26 Å². The zero-order valence-electron chi connectivity index (χ0n) is 18.4. The lowest BCUT2D eigenvalue weighted by atomic mass is 9.92. The van der Waals surface area contributed by atoms with Crippen molar-refractivity contribution in [1.82, 2.24) is 9.80 Å². The van der Waals surface area contributed by atoms with E-state index in [1.165, 1.54) is 6.08 Å². The molecule has 5 rings (SSSR count). The summed E-state index contributed by atoms with van der Waals surface area (Å²) >= 11 is 7.60. The Morgan fingerprint density at radius 2 is 2.14 bits per heavy atom. The Bertz CT molecular complexity index is 1480. The second-order valence-electron chi connectivity index (χ2n) is 8.42. The van der Waals surface area contributed by atoms with Crippen LogP contribution >= 0.6 is 22.9 Å². The number of ether oxygens (including phenoxy) is 1. The van der Waals surface area contributed by atoms with E-state index in [0.29, 0.717) is 12.1 Å². The Morgan fingerprint density at radius 1 is 1.37 bits per heavy atom. The number of nitrogen functional groups attached to an aromatic ring is 1.